The van der Waals surface area contributed by atoms with Gasteiger partial charge in [-0.2, -0.15) is 0 Å². The predicted molar refractivity (Wildman–Crippen MR) is 84.2 cm³/mol. The van der Waals surface area contributed by atoms with Gasteiger partial charge in [0.25, 0.3) is 5.91 Å². The second-order valence-electron chi connectivity index (χ2n) is 4.23. The molecule has 2 aromatic rings. The highest BCUT2D eigenvalue weighted by Gasteiger charge is 2.15. The molecule has 1 aromatic heterocycles. The first-order chi connectivity index (χ1) is 10.1. The predicted octanol–water partition coefficient (Wildman–Crippen LogP) is 3.36. The average molecular weight is 304 g/mol. The molecule has 1 heterocycles. The second kappa shape index (κ2) is 6.90. The van der Waals surface area contributed by atoms with Gasteiger partial charge in [-0.05, 0) is 30.5 Å². The van der Waals surface area contributed by atoms with Gasteiger partial charge in [-0.15, -0.1) is 11.3 Å². The Morgan fingerprint density at radius 2 is 1.95 bits per heavy atom. The van der Waals surface area contributed by atoms with Crippen LogP contribution in [0.5, 0.6) is 5.75 Å². The normalized spacial score (nSPS) is 10.0. The van der Waals surface area contributed by atoms with Crippen LogP contribution >= 0.6 is 11.3 Å². The molecule has 0 aliphatic rings. The minimum Gasteiger partial charge on any atom is -0.492 e. The first kappa shape index (κ1) is 15.1. The summed E-state index contributed by atoms with van der Waals surface area (Å²) in [5.74, 6) is 0.123. The van der Waals surface area contributed by atoms with Gasteiger partial charge in [0.15, 0.2) is 0 Å². The highest BCUT2D eigenvalue weighted by atomic mass is 32.1. The molecule has 21 heavy (non-hydrogen) atoms. The Morgan fingerprint density at radius 3 is 2.67 bits per heavy atom. The van der Waals surface area contributed by atoms with Gasteiger partial charge in [-0.1, -0.05) is 12.1 Å². The number of ether oxygens (including phenoxy) is 1. The minimum atomic E-state index is -0.285. The van der Waals surface area contributed by atoms with Crippen LogP contribution in [0.3, 0.4) is 0 Å². The lowest BCUT2D eigenvalue weighted by Gasteiger charge is -2.11. The van der Waals surface area contributed by atoms with Crippen molar-refractivity contribution in [3.8, 4) is 5.75 Å². The van der Waals surface area contributed by atoms with E-state index in [1.54, 1.807) is 23.6 Å². The smallest absolute Gasteiger partial charge is 0.258 e. The van der Waals surface area contributed by atoms with Crippen LogP contribution in [0.25, 0.3) is 0 Å². The number of carbonyl (C=O) groups excluding carboxylic acids is 2. The van der Waals surface area contributed by atoms with Crippen molar-refractivity contribution in [3.05, 3.63) is 41.3 Å². The zero-order valence-corrected chi connectivity index (χ0v) is 12.6. The molecule has 0 bridgehead atoms. The van der Waals surface area contributed by atoms with E-state index in [0.29, 0.717) is 28.6 Å². The molecule has 5 nitrogen and oxygen atoms in total. The number of para-hydroxylation sites is 2. The molecule has 2 rings (SSSR count). The Hall–Kier alpha value is -2.34. The fourth-order valence-corrected chi connectivity index (χ4v) is 2.62. The number of nitrogens with one attached hydrogen (secondary N) is 2. The first-order valence-electron chi connectivity index (χ1n) is 6.50. The third-order valence-electron chi connectivity index (χ3n) is 2.63. The van der Waals surface area contributed by atoms with E-state index >= 15 is 0 Å². The van der Waals surface area contributed by atoms with E-state index in [4.69, 9.17) is 4.74 Å². The monoisotopic (exact) mass is 304 g/mol. The Morgan fingerprint density at radius 1 is 1.19 bits per heavy atom. The maximum atomic E-state index is 12.3. The van der Waals surface area contributed by atoms with E-state index in [0.717, 1.165) is 0 Å². The van der Waals surface area contributed by atoms with Crippen LogP contribution in [0.2, 0.25) is 0 Å². The van der Waals surface area contributed by atoms with Crippen molar-refractivity contribution in [1.82, 2.24) is 0 Å². The van der Waals surface area contributed by atoms with Crippen molar-refractivity contribution in [1.29, 1.82) is 0 Å². The molecule has 0 aliphatic carbocycles. The molecule has 0 unspecified atom stereocenters. The summed E-state index contributed by atoms with van der Waals surface area (Å²) in [6.07, 6.45) is 0. The molecule has 0 aliphatic heterocycles. The lowest BCUT2D eigenvalue weighted by molar-refractivity contribution is -0.114. The highest BCUT2D eigenvalue weighted by molar-refractivity contribution is 7.14. The standard InChI is InChI=1S/C15H16N2O3S/c1-3-20-13-7-5-4-6-12(13)17-14(19)11-8-9-21-15(11)16-10(2)18/h4-9H,3H2,1-2H3,(H,16,18)(H,17,19). The third-order valence-corrected chi connectivity index (χ3v) is 3.46. The summed E-state index contributed by atoms with van der Waals surface area (Å²) in [7, 11) is 0. The van der Waals surface area contributed by atoms with Crippen LogP contribution < -0.4 is 15.4 Å². The summed E-state index contributed by atoms with van der Waals surface area (Å²) >= 11 is 1.31. The zero-order chi connectivity index (χ0) is 15.2. The summed E-state index contributed by atoms with van der Waals surface area (Å²) in [5, 5.41) is 7.74. The number of hydrogen-bond donors (Lipinski definition) is 2. The molecule has 2 amide bonds. The minimum absolute atomic E-state index is 0.207. The van der Waals surface area contributed by atoms with E-state index in [2.05, 4.69) is 10.6 Å². The number of benzene rings is 1. The number of amides is 2. The second-order valence-corrected chi connectivity index (χ2v) is 5.14. The average Bonchev–Trinajstić information content (AvgIpc) is 2.88. The number of anilines is 2. The summed E-state index contributed by atoms with van der Waals surface area (Å²) in [5.41, 5.74) is 1.03. The van der Waals surface area contributed by atoms with Crippen molar-refractivity contribution < 1.29 is 14.3 Å². The Bertz CT molecular complexity index is 652. The SMILES string of the molecule is CCOc1ccccc1NC(=O)c1ccsc1NC(C)=O. The van der Waals surface area contributed by atoms with Crippen LogP contribution in [0.1, 0.15) is 24.2 Å². The third kappa shape index (κ3) is 3.82. The number of thiophene rings is 1. The van der Waals surface area contributed by atoms with E-state index in [1.807, 2.05) is 19.1 Å². The van der Waals surface area contributed by atoms with Gasteiger partial charge in [0, 0.05) is 6.92 Å². The first-order valence-corrected chi connectivity index (χ1v) is 7.38. The van der Waals surface area contributed by atoms with Crippen LogP contribution in [-0.2, 0) is 4.79 Å². The molecule has 0 spiro atoms. The maximum absolute atomic E-state index is 12.3. The molecule has 1 aromatic carbocycles. The Kier molecular flexibility index (Phi) is 4.94. The van der Waals surface area contributed by atoms with Crippen molar-refractivity contribution in [3.63, 3.8) is 0 Å². The van der Waals surface area contributed by atoms with Crippen molar-refractivity contribution in [2.75, 3.05) is 17.2 Å². The molecule has 0 saturated heterocycles. The zero-order valence-electron chi connectivity index (χ0n) is 11.8. The lowest BCUT2D eigenvalue weighted by atomic mass is 10.2. The topological polar surface area (TPSA) is 67.4 Å². The van der Waals surface area contributed by atoms with Crippen LogP contribution in [0.15, 0.2) is 35.7 Å². The molecule has 110 valence electrons. The van der Waals surface area contributed by atoms with Crippen molar-refractivity contribution >= 4 is 33.8 Å². The van der Waals surface area contributed by atoms with Crippen LogP contribution in [0.4, 0.5) is 10.7 Å². The van der Waals surface area contributed by atoms with Gasteiger partial charge in [0.2, 0.25) is 5.91 Å². The van der Waals surface area contributed by atoms with Crippen molar-refractivity contribution in [2.45, 2.75) is 13.8 Å². The van der Waals surface area contributed by atoms with Crippen LogP contribution in [0, 0.1) is 0 Å². The lowest BCUT2D eigenvalue weighted by Crippen LogP contribution is -2.15. The van der Waals surface area contributed by atoms with E-state index in [1.165, 1.54) is 18.3 Å². The molecule has 0 atom stereocenters. The van der Waals surface area contributed by atoms with Gasteiger partial charge in [-0.25, -0.2) is 0 Å². The molecule has 0 saturated carbocycles. The largest absolute Gasteiger partial charge is 0.492 e. The Balaban J connectivity index is 2.19. The molecule has 2 N–H and O–H groups in total. The number of carbonyl (C=O) groups is 2. The molecular weight excluding hydrogens is 288 g/mol. The van der Waals surface area contributed by atoms with E-state index in [-0.39, 0.29) is 11.8 Å². The summed E-state index contributed by atoms with van der Waals surface area (Å²) in [6.45, 7) is 3.81. The molecule has 0 fully saturated rings. The van der Waals surface area contributed by atoms with E-state index in [9.17, 15) is 9.59 Å². The fraction of sp³-hybridized carbons (Fsp3) is 0.200. The Labute approximate surface area is 126 Å². The van der Waals surface area contributed by atoms with Gasteiger partial charge in [0.1, 0.15) is 10.8 Å². The highest BCUT2D eigenvalue weighted by Crippen LogP contribution is 2.27. The van der Waals surface area contributed by atoms with E-state index < -0.39 is 0 Å². The fourth-order valence-electron chi connectivity index (χ4n) is 1.79. The van der Waals surface area contributed by atoms with Crippen molar-refractivity contribution in [2.24, 2.45) is 0 Å². The molecular formula is C15H16N2O3S. The number of rotatable bonds is 5. The van der Waals surface area contributed by atoms with Gasteiger partial charge >= 0.3 is 0 Å². The summed E-state index contributed by atoms with van der Waals surface area (Å²) in [6, 6.07) is 8.90. The quantitative estimate of drug-likeness (QED) is 0.890. The number of hydrogen-bond acceptors (Lipinski definition) is 4. The molecule has 6 heteroatoms. The van der Waals surface area contributed by atoms with Gasteiger partial charge < -0.3 is 15.4 Å². The summed E-state index contributed by atoms with van der Waals surface area (Å²) < 4.78 is 5.47. The van der Waals surface area contributed by atoms with Gasteiger partial charge in [-0.3, -0.25) is 9.59 Å². The molecule has 0 radical (unpaired) electrons. The van der Waals surface area contributed by atoms with Crippen LogP contribution in [-0.4, -0.2) is 18.4 Å². The van der Waals surface area contributed by atoms with Gasteiger partial charge in [0.05, 0.1) is 17.9 Å². The maximum Gasteiger partial charge on any atom is 0.258 e. The summed E-state index contributed by atoms with van der Waals surface area (Å²) in [4.78, 5) is 23.5.